The predicted molar refractivity (Wildman–Crippen MR) is 90.3 cm³/mol. The number of carbonyl (C=O) groups is 2. The lowest BCUT2D eigenvalue weighted by atomic mass is 10.1. The van der Waals surface area contributed by atoms with E-state index in [4.69, 9.17) is 0 Å². The maximum atomic E-state index is 12.3. The normalized spacial score (nSPS) is 11.5. The number of carbonyl (C=O) groups excluding carboxylic acids is 2. The van der Waals surface area contributed by atoms with Crippen LogP contribution in [0.5, 0.6) is 0 Å². The summed E-state index contributed by atoms with van der Waals surface area (Å²) in [6.07, 6.45) is 0. The van der Waals surface area contributed by atoms with Crippen molar-refractivity contribution in [2.75, 3.05) is 44.4 Å². The van der Waals surface area contributed by atoms with E-state index in [0.29, 0.717) is 6.54 Å². The molecule has 0 heterocycles. The van der Waals surface area contributed by atoms with Gasteiger partial charge in [-0.25, -0.2) is 4.79 Å². The maximum Gasteiger partial charge on any atom is 0.321 e. The zero-order valence-electron chi connectivity index (χ0n) is 14.0. The molecule has 0 unspecified atom stereocenters. The van der Waals surface area contributed by atoms with Gasteiger partial charge in [0.15, 0.2) is 0 Å². The van der Waals surface area contributed by atoms with E-state index < -0.39 is 0 Å². The highest BCUT2D eigenvalue weighted by atomic mass is 16.2. The average Bonchev–Trinajstić information content (AvgIpc) is 2.53. The van der Waals surface area contributed by atoms with E-state index in [1.54, 1.807) is 21.0 Å². The molecule has 0 saturated heterocycles. The van der Waals surface area contributed by atoms with Gasteiger partial charge in [-0.2, -0.15) is 0 Å². The minimum Gasteiger partial charge on any atom is -0.373 e. The monoisotopic (exact) mass is 306 g/mol. The lowest BCUT2D eigenvalue weighted by molar-refractivity contribution is -0.124. The van der Waals surface area contributed by atoms with Crippen molar-refractivity contribution in [3.8, 4) is 0 Å². The largest absolute Gasteiger partial charge is 0.373 e. The van der Waals surface area contributed by atoms with Crippen LogP contribution in [0.2, 0.25) is 0 Å². The van der Waals surface area contributed by atoms with E-state index in [9.17, 15) is 9.59 Å². The molecule has 6 heteroatoms. The molecule has 0 bridgehead atoms. The second-order valence-corrected chi connectivity index (χ2v) is 5.36. The quantitative estimate of drug-likeness (QED) is 0.845. The first-order chi connectivity index (χ1) is 10.4. The van der Waals surface area contributed by atoms with Gasteiger partial charge < -0.3 is 20.4 Å². The fourth-order valence-corrected chi connectivity index (χ4v) is 2.12. The number of urea groups is 1. The van der Waals surface area contributed by atoms with Gasteiger partial charge in [-0.3, -0.25) is 4.79 Å². The summed E-state index contributed by atoms with van der Waals surface area (Å²) in [6, 6.07) is 7.43. The zero-order chi connectivity index (χ0) is 16.7. The third-order valence-corrected chi connectivity index (χ3v) is 3.62. The number of anilines is 2. The van der Waals surface area contributed by atoms with Gasteiger partial charge in [0, 0.05) is 34.2 Å². The van der Waals surface area contributed by atoms with Crippen LogP contribution >= 0.6 is 0 Å². The van der Waals surface area contributed by atoms with Crippen molar-refractivity contribution in [1.82, 2.24) is 10.2 Å². The summed E-state index contributed by atoms with van der Waals surface area (Å²) in [5.74, 6) is -0.333. The van der Waals surface area contributed by atoms with Crippen LogP contribution in [0.4, 0.5) is 16.2 Å². The molecule has 3 amide bonds. The molecule has 22 heavy (non-hydrogen) atoms. The van der Waals surface area contributed by atoms with Gasteiger partial charge >= 0.3 is 6.03 Å². The Labute approximate surface area is 132 Å². The van der Waals surface area contributed by atoms with Gasteiger partial charge in [0.25, 0.3) is 0 Å². The molecule has 0 radical (unpaired) electrons. The molecule has 1 aromatic carbocycles. The molecule has 1 rings (SSSR count). The summed E-state index contributed by atoms with van der Waals surface area (Å²) < 4.78 is 0. The molecular formula is C16H26N4O2. The number of hydrogen-bond acceptors (Lipinski definition) is 3. The third kappa shape index (κ3) is 4.65. The fourth-order valence-electron chi connectivity index (χ4n) is 2.12. The lowest BCUT2D eigenvalue weighted by Crippen LogP contribution is -2.39. The van der Waals surface area contributed by atoms with Crippen molar-refractivity contribution < 1.29 is 9.59 Å². The second-order valence-electron chi connectivity index (χ2n) is 5.36. The van der Waals surface area contributed by atoms with Crippen LogP contribution in [0.1, 0.15) is 13.8 Å². The van der Waals surface area contributed by atoms with Gasteiger partial charge in [0.1, 0.15) is 0 Å². The number of amides is 3. The van der Waals surface area contributed by atoms with Crippen LogP contribution in [0.3, 0.4) is 0 Å². The van der Waals surface area contributed by atoms with Crippen molar-refractivity contribution in [2.24, 2.45) is 5.92 Å². The van der Waals surface area contributed by atoms with Crippen LogP contribution in [-0.2, 0) is 4.79 Å². The van der Waals surface area contributed by atoms with Crippen molar-refractivity contribution in [1.29, 1.82) is 0 Å². The van der Waals surface area contributed by atoms with Gasteiger partial charge in [-0.15, -0.1) is 0 Å². The lowest BCUT2D eigenvalue weighted by Gasteiger charge is -2.24. The molecule has 1 atom stereocenters. The molecule has 0 saturated carbocycles. The smallest absolute Gasteiger partial charge is 0.321 e. The molecule has 2 N–H and O–H groups in total. The minimum absolute atomic E-state index is 0.0780. The summed E-state index contributed by atoms with van der Waals surface area (Å²) >= 11 is 0. The van der Waals surface area contributed by atoms with E-state index in [0.717, 1.165) is 17.9 Å². The van der Waals surface area contributed by atoms with Crippen molar-refractivity contribution >= 4 is 23.3 Å². The molecule has 0 aliphatic carbocycles. The molecule has 0 fully saturated rings. The second kappa shape index (κ2) is 8.26. The Morgan fingerprint density at radius 3 is 2.45 bits per heavy atom. The average molecular weight is 306 g/mol. The summed E-state index contributed by atoms with van der Waals surface area (Å²) in [4.78, 5) is 27.4. The molecule has 1 aromatic rings. The number of nitrogens with zero attached hydrogens (tertiary/aromatic N) is 2. The Morgan fingerprint density at radius 2 is 1.86 bits per heavy atom. The fraction of sp³-hybridized carbons (Fsp3) is 0.500. The number of rotatable bonds is 6. The van der Waals surface area contributed by atoms with Crippen LogP contribution in [-0.4, -0.2) is 51.1 Å². The molecular weight excluding hydrogens is 280 g/mol. The van der Waals surface area contributed by atoms with Gasteiger partial charge in [-0.05, 0) is 19.1 Å². The Balaban J connectivity index is 2.74. The Hall–Kier alpha value is -2.24. The predicted octanol–water partition coefficient (Wildman–Crippen LogP) is 1.99. The van der Waals surface area contributed by atoms with E-state index in [1.807, 2.05) is 31.3 Å². The molecule has 122 valence electrons. The number of hydrogen-bond donors (Lipinski definition) is 2. The van der Waals surface area contributed by atoms with Crippen molar-refractivity contribution in [2.45, 2.75) is 13.8 Å². The summed E-state index contributed by atoms with van der Waals surface area (Å²) in [6.45, 7) is 5.05. The molecule has 6 nitrogen and oxygen atoms in total. The summed E-state index contributed by atoms with van der Waals surface area (Å²) in [5, 5.41) is 5.49. The maximum absolute atomic E-state index is 12.3. The van der Waals surface area contributed by atoms with Crippen LogP contribution in [0, 0.1) is 5.92 Å². The first-order valence-electron chi connectivity index (χ1n) is 7.44. The summed E-state index contributed by atoms with van der Waals surface area (Å²) in [7, 11) is 5.25. The minimum atomic E-state index is -0.255. The molecule has 0 spiro atoms. The molecule has 0 aliphatic heterocycles. The highest BCUT2D eigenvalue weighted by molar-refractivity contribution is 5.93. The standard InChI is InChI=1S/C16H26N4O2/c1-6-19(4)14-10-8-7-9-13(14)18-16(22)20(5)11-12(2)15(21)17-3/h7-10,12H,6,11H2,1-5H3,(H,17,21)(H,18,22)/t12-/m1/s1. The van der Waals surface area contributed by atoms with Crippen molar-refractivity contribution in [3.05, 3.63) is 24.3 Å². The highest BCUT2D eigenvalue weighted by Crippen LogP contribution is 2.24. The van der Waals surface area contributed by atoms with Crippen LogP contribution < -0.4 is 15.5 Å². The van der Waals surface area contributed by atoms with E-state index in [-0.39, 0.29) is 17.9 Å². The molecule has 0 aromatic heterocycles. The Morgan fingerprint density at radius 1 is 1.23 bits per heavy atom. The number of nitrogens with one attached hydrogen (secondary N) is 2. The highest BCUT2D eigenvalue weighted by Gasteiger charge is 2.18. The van der Waals surface area contributed by atoms with E-state index in [2.05, 4.69) is 22.5 Å². The SMILES string of the molecule is CCN(C)c1ccccc1NC(=O)N(C)C[C@@H](C)C(=O)NC. The van der Waals surface area contributed by atoms with Crippen LogP contribution in [0.25, 0.3) is 0 Å². The molecule has 0 aliphatic rings. The Bertz CT molecular complexity index is 519. The van der Waals surface area contributed by atoms with Gasteiger partial charge in [-0.1, -0.05) is 19.1 Å². The van der Waals surface area contributed by atoms with E-state index >= 15 is 0 Å². The third-order valence-electron chi connectivity index (χ3n) is 3.62. The first-order valence-corrected chi connectivity index (χ1v) is 7.44. The number of para-hydroxylation sites is 2. The summed E-state index contributed by atoms with van der Waals surface area (Å²) in [5.41, 5.74) is 1.72. The topological polar surface area (TPSA) is 64.7 Å². The Kier molecular flexibility index (Phi) is 6.69. The van der Waals surface area contributed by atoms with Crippen LogP contribution in [0.15, 0.2) is 24.3 Å². The first kappa shape index (κ1) is 17.8. The number of benzene rings is 1. The zero-order valence-corrected chi connectivity index (χ0v) is 14.0. The van der Waals surface area contributed by atoms with Crippen molar-refractivity contribution in [3.63, 3.8) is 0 Å². The van der Waals surface area contributed by atoms with Gasteiger partial charge in [0.05, 0.1) is 17.3 Å². The van der Waals surface area contributed by atoms with E-state index in [1.165, 1.54) is 4.90 Å². The van der Waals surface area contributed by atoms with Gasteiger partial charge in [0.2, 0.25) is 5.91 Å².